The first kappa shape index (κ1) is 14.5. The first-order valence-electron chi connectivity index (χ1n) is 6.73. The molecule has 1 aromatic rings. The molecular formula is C15H18N2O3. The number of aliphatic carboxylic acids is 1. The van der Waals surface area contributed by atoms with Gasteiger partial charge in [0.05, 0.1) is 23.7 Å². The van der Waals surface area contributed by atoms with E-state index in [1.54, 1.807) is 24.3 Å². The highest BCUT2D eigenvalue weighted by atomic mass is 16.4. The van der Waals surface area contributed by atoms with Crippen LogP contribution in [0.5, 0.6) is 0 Å². The summed E-state index contributed by atoms with van der Waals surface area (Å²) in [5.41, 5.74) is 1.31. The first-order valence-corrected chi connectivity index (χ1v) is 6.73. The number of nitriles is 1. The van der Waals surface area contributed by atoms with Crippen molar-refractivity contribution in [3.63, 3.8) is 0 Å². The lowest BCUT2D eigenvalue weighted by Gasteiger charge is -2.32. The highest BCUT2D eigenvalue weighted by Crippen LogP contribution is 2.21. The van der Waals surface area contributed by atoms with Gasteiger partial charge >= 0.3 is 5.97 Å². The Labute approximate surface area is 118 Å². The molecule has 0 spiro atoms. The molecule has 1 heterocycles. The Morgan fingerprint density at radius 3 is 2.75 bits per heavy atom. The second kappa shape index (κ2) is 6.51. The van der Waals surface area contributed by atoms with Crippen LogP contribution in [0.15, 0.2) is 24.3 Å². The molecule has 106 valence electrons. The molecule has 5 nitrogen and oxygen atoms in total. The van der Waals surface area contributed by atoms with E-state index in [2.05, 4.69) is 0 Å². The molecule has 20 heavy (non-hydrogen) atoms. The number of aliphatic hydroxyl groups excluding tert-OH is 1. The molecule has 2 N–H and O–H groups in total. The van der Waals surface area contributed by atoms with E-state index in [1.807, 2.05) is 11.0 Å². The molecule has 0 amide bonds. The number of β-amino-alcohol motifs (C(OH)–C–C–N with tert-alkyl or cyclic N) is 1. The molecule has 2 atom stereocenters. The van der Waals surface area contributed by atoms with Gasteiger partial charge in [0.1, 0.15) is 0 Å². The minimum absolute atomic E-state index is 0.336. The maximum absolute atomic E-state index is 11.0. The van der Waals surface area contributed by atoms with Gasteiger partial charge in [-0.1, -0.05) is 12.1 Å². The minimum atomic E-state index is -0.762. The summed E-state index contributed by atoms with van der Waals surface area (Å²) in [6, 6.07) is 8.86. The zero-order valence-electron chi connectivity index (χ0n) is 11.2. The van der Waals surface area contributed by atoms with Crippen molar-refractivity contribution in [3.05, 3.63) is 35.4 Å². The first-order chi connectivity index (χ1) is 9.60. The van der Waals surface area contributed by atoms with E-state index < -0.39 is 12.1 Å². The lowest BCUT2D eigenvalue weighted by atomic mass is 9.97. The Hall–Kier alpha value is -1.90. The number of hydrogen-bond donors (Lipinski definition) is 2. The van der Waals surface area contributed by atoms with Crippen molar-refractivity contribution in [2.45, 2.75) is 18.9 Å². The number of rotatable bonds is 4. The topological polar surface area (TPSA) is 84.6 Å². The summed E-state index contributed by atoms with van der Waals surface area (Å²) in [7, 11) is 0. The van der Waals surface area contributed by atoms with Crippen LogP contribution < -0.4 is 0 Å². The summed E-state index contributed by atoms with van der Waals surface area (Å²) in [5.74, 6) is -1.10. The Morgan fingerprint density at radius 1 is 1.45 bits per heavy atom. The molecule has 0 aromatic heterocycles. The third-order valence-electron chi connectivity index (χ3n) is 3.71. The van der Waals surface area contributed by atoms with Crippen molar-refractivity contribution in [1.29, 1.82) is 5.26 Å². The van der Waals surface area contributed by atoms with Gasteiger partial charge in [0.15, 0.2) is 0 Å². The molecule has 0 aliphatic carbocycles. The van der Waals surface area contributed by atoms with Crippen LogP contribution in [0.2, 0.25) is 0 Å². The molecule has 1 aliphatic heterocycles. The zero-order valence-corrected chi connectivity index (χ0v) is 11.2. The number of nitrogens with zero attached hydrogens (tertiary/aromatic N) is 2. The summed E-state index contributed by atoms with van der Waals surface area (Å²) >= 11 is 0. The molecule has 1 fully saturated rings. The monoisotopic (exact) mass is 274 g/mol. The molecule has 2 rings (SSSR count). The number of hydrogen-bond acceptors (Lipinski definition) is 4. The summed E-state index contributed by atoms with van der Waals surface area (Å²) in [6.07, 6.45) is 0.894. The van der Waals surface area contributed by atoms with Crippen LogP contribution in [-0.4, -0.2) is 40.7 Å². The van der Waals surface area contributed by atoms with Crippen molar-refractivity contribution in [1.82, 2.24) is 4.90 Å². The second-order valence-electron chi connectivity index (χ2n) is 5.19. The van der Waals surface area contributed by atoms with E-state index >= 15 is 0 Å². The van der Waals surface area contributed by atoms with Gasteiger partial charge < -0.3 is 10.2 Å². The van der Waals surface area contributed by atoms with Crippen molar-refractivity contribution < 1.29 is 15.0 Å². The smallest absolute Gasteiger partial charge is 0.307 e. The number of likely N-dealkylation sites (tertiary alicyclic amines) is 1. The lowest BCUT2D eigenvalue weighted by molar-refractivity contribution is -0.143. The second-order valence-corrected chi connectivity index (χ2v) is 5.19. The maximum Gasteiger partial charge on any atom is 0.307 e. The zero-order chi connectivity index (χ0) is 14.5. The van der Waals surface area contributed by atoms with Gasteiger partial charge in [-0.3, -0.25) is 9.69 Å². The van der Waals surface area contributed by atoms with Gasteiger partial charge in [-0.15, -0.1) is 0 Å². The summed E-state index contributed by atoms with van der Waals surface area (Å²) in [5, 5.41) is 28.0. The third-order valence-corrected chi connectivity index (χ3v) is 3.71. The highest BCUT2D eigenvalue weighted by molar-refractivity contribution is 5.70. The van der Waals surface area contributed by atoms with Crippen molar-refractivity contribution in [3.8, 4) is 6.07 Å². The number of benzene rings is 1. The molecule has 5 heteroatoms. The molecule has 1 saturated heterocycles. The van der Waals surface area contributed by atoms with E-state index in [0.717, 1.165) is 18.5 Å². The maximum atomic E-state index is 11.0. The molecule has 0 bridgehead atoms. The summed E-state index contributed by atoms with van der Waals surface area (Å²) in [4.78, 5) is 13.0. The third kappa shape index (κ3) is 3.56. The number of aliphatic hydroxyl groups is 1. The van der Waals surface area contributed by atoms with Crippen molar-refractivity contribution in [2.75, 3.05) is 19.6 Å². The Bertz CT molecular complexity index is 507. The van der Waals surface area contributed by atoms with Crippen LogP contribution >= 0.6 is 0 Å². The fraction of sp³-hybridized carbons (Fsp3) is 0.467. The molecular weight excluding hydrogens is 256 g/mol. The standard InChI is InChI=1S/C15H18N2O3/c16-8-11-3-5-12(6-4-11)14(18)10-17-7-1-2-13(9-17)15(19)20/h3-6,13-14,18H,1-2,7,9-10H2,(H,19,20)/t13?,14-/m1/s1. The summed E-state index contributed by atoms with van der Waals surface area (Å²) < 4.78 is 0. The van der Waals surface area contributed by atoms with Gasteiger partial charge in [0.25, 0.3) is 0 Å². The van der Waals surface area contributed by atoms with Crippen LogP contribution in [0.25, 0.3) is 0 Å². The molecule has 1 aromatic carbocycles. The normalized spacial score (nSPS) is 21.1. The van der Waals surface area contributed by atoms with Crippen molar-refractivity contribution in [2.24, 2.45) is 5.92 Å². The molecule has 0 saturated carbocycles. The van der Waals surface area contributed by atoms with Crippen molar-refractivity contribution >= 4 is 5.97 Å². The van der Waals surface area contributed by atoms with E-state index in [0.29, 0.717) is 25.1 Å². The minimum Gasteiger partial charge on any atom is -0.481 e. The average Bonchev–Trinajstić information content (AvgIpc) is 2.47. The van der Waals surface area contributed by atoms with E-state index in [-0.39, 0.29) is 5.92 Å². The van der Waals surface area contributed by atoms with Crippen LogP contribution in [0.3, 0.4) is 0 Å². The highest BCUT2D eigenvalue weighted by Gasteiger charge is 2.26. The van der Waals surface area contributed by atoms with Crippen LogP contribution in [0.4, 0.5) is 0 Å². The number of carboxylic acid groups (broad SMARTS) is 1. The van der Waals surface area contributed by atoms with Crippen LogP contribution in [0.1, 0.15) is 30.1 Å². The quantitative estimate of drug-likeness (QED) is 0.866. The predicted molar refractivity (Wildman–Crippen MR) is 72.9 cm³/mol. The van der Waals surface area contributed by atoms with Gasteiger partial charge in [-0.25, -0.2) is 0 Å². The Balaban J connectivity index is 1.94. The molecule has 0 radical (unpaired) electrons. The fourth-order valence-electron chi connectivity index (χ4n) is 2.55. The Morgan fingerprint density at radius 2 is 2.15 bits per heavy atom. The van der Waals surface area contributed by atoms with Gasteiger partial charge in [0.2, 0.25) is 0 Å². The molecule has 1 unspecified atom stereocenters. The van der Waals surface area contributed by atoms with Gasteiger partial charge in [0, 0.05) is 13.1 Å². The number of piperidine rings is 1. The number of carboxylic acids is 1. The van der Waals surface area contributed by atoms with E-state index in [9.17, 15) is 9.90 Å². The average molecular weight is 274 g/mol. The Kier molecular flexibility index (Phi) is 4.72. The molecule has 1 aliphatic rings. The van der Waals surface area contributed by atoms with Crippen LogP contribution in [0, 0.1) is 17.2 Å². The van der Waals surface area contributed by atoms with Gasteiger partial charge in [-0.2, -0.15) is 5.26 Å². The van der Waals surface area contributed by atoms with Crippen LogP contribution in [-0.2, 0) is 4.79 Å². The van der Waals surface area contributed by atoms with Gasteiger partial charge in [-0.05, 0) is 37.1 Å². The summed E-state index contributed by atoms with van der Waals surface area (Å²) in [6.45, 7) is 1.73. The SMILES string of the molecule is N#Cc1ccc([C@H](O)CN2CCCC(C(=O)O)C2)cc1. The predicted octanol–water partition coefficient (Wildman–Crippen LogP) is 1.39. The van der Waals surface area contributed by atoms with E-state index in [4.69, 9.17) is 10.4 Å². The lowest BCUT2D eigenvalue weighted by Crippen LogP contribution is -2.40. The number of carbonyl (C=O) groups is 1. The largest absolute Gasteiger partial charge is 0.481 e. The van der Waals surface area contributed by atoms with E-state index in [1.165, 1.54) is 0 Å². The fourth-order valence-corrected chi connectivity index (χ4v) is 2.55.